The van der Waals surface area contributed by atoms with Gasteiger partial charge < -0.3 is 10.2 Å². The first-order valence-corrected chi connectivity index (χ1v) is 10.6. The first-order valence-electron chi connectivity index (χ1n) is 9.11. The molecular formula is C20H25N3O3S. The van der Waals surface area contributed by atoms with Crippen LogP contribution in [0.4, 0.5) is 5.69 Å². The average Bonchev–Trinajstić information content (AvgIpc) is 2.70. The third-order valence-corrected chi connectivity index (χ3v) is 6.84. The first-order chi connectivity index (χ1) is 12.9. The van der Waals surface area contributed by atoms with Crippen molar-refractivity contribution in [1.29, 1.82) is 0 Å². The Bertz CT molecular complexity index is 902. The number of sulfonamides is 1. The van der Waals surface area contributed by atoms with Crippen molar-refractivity contribution in [3.63, 3.8) is 0 Å². The number of carbonyl (C=O) groups excluding carboxylic acids is 1. The van der Waals surface area contributed by atoms with Crippen molar-refractivity contribution < 1.29 is 13.2 Å². The lowest BCUT2D eigenvalue weighted by atomic mass is 10.1. The summed E-state index contributed by atoms with van der Waals surface area (Å²) in [4.78, 5) is 14.9. The molecule has 2 aromatic carbocycles. The van der Waals surface area contributed by atoms with Crippen LogP contribution in [0.1, 0.15) is 22.8 Å². The first kappa shape index (κ1) is 19.5. The van der Waals surface area contributed by atoms with E-state index in [1.807, 2.05) is 31.2 Å². The quantitative estimate of drug-likeness (QED) is 0.856. The lowest BCUT2D eigenvalue weighted by Crippen LogP contribution is -2.48. The van der Waals surface area contributed by atoms with Crippen molar-refractivity contribution in [2.45, 2.75) is 18.7 Å². The number of piperazine rings is 1. The van der Waals surface area contributed by atoms with Gasteiger partial charge in [-0.3, -0.25) is 4.79 Å². The van der Waals surface area contributed by atoms with Crippen molar-refractivity contribution in [3.8, 4) is 0 Å². The molecule has 0 atom stereocenters. The van der Waals surface area contributed by atoms with Crippen molar-refractivity contribution >= 4 is 21.6 Å². The van der Waals surface area contributed by atoms with E-state index in [1.165, 1.54) is 16.4 Å². The fourth-order valence-corrected chi connectivity index (χ4v) is 4.54. The highest BCUT2D eigenvalue weighted by Crippen LogP contribution is 2.19. The molecule has 144 valence electrons. The molecule has 0 unspecified atom stereocenters. The molecule has 1 N–H and O–H groups in total. The summed E-state index contributed by atoms with van der Waals surface area (Å²) in [5, 5.41) is 2.86. The number of aryl methyl sites for hydroxylation is 1. The molecule has 0 saturated carbocycles. The van der Waals surface area contributed by atoms with Gasteiger partial charge in [0, 0.05) is 37.4 Å². The summed E-state index contributed by atoms with van der Waals surface area (Å²) < 4.78 is 27.1. The largest absolute Gasteiger partial charge is 0.322 e. The van der Waals surface area contributed by atoms with Crippen molar-refractivity contribution in [3.05, 3.63) is 59.7 Å². The molecule has 1 fully saturated rings. The minimum Gasteiger partial charge on any atom is -0.322 e. The average molecular weight is 388 g/mol. The third-order valence-electron chi connectivity index (χ3n) is 4.93. The van der Waals surface area contributed by atoms with Crippen molar-refractivity contribution in [2.24, 2.45) is 0 Å². The molecule has 0 radical (unpaired) electrons. The van der Waals surface area contributed by atoms with Crippen LogP contribution in [0.5, 0.6) is 0 Å². The van der Waals surface area contributed by atoms with Gasteiger partial charge in [0.15, 0.2) is 0 Å². The Hall–Kier alpha value is -2.22. The number of nitrogens with zero attached hydrogens (tertiary/aromatic N) is 2. The van der Waals surface area contributed by atoms with Crippen LogP contribution >= 0.6 is 0 Å². The van der Waals surface area contributed by atoms with Crippen LogP contribution in [0.15, 0.2) is 53.4 Å². The van der Waals surface area contributed by atoms with Gasteiger partial charge in [0.05, 0.1) is 4.90 Å². The summed E-state index contributed by atoms with van der Waals surface area (Å²) in [6.07, 6.45) is 0. The molecule has 2 aromatic rings. The van der Waals surface area contributed by atoms with Gasteiger partial charge in [-0.25, -0.2) is 8.42 Å². The van der Waals surface area contributed by atoms with E-state index in [9.17, 15) is 13.2 Å². The maximum atomic E-state index is 12.8. The van der Waals surface area contributed by atoms with Crippen LogP contribution in [-0.4, -0.2) is 56.3 Å². The van der Waals surface area contributed by atoms with E-state index in [0.717, 1.165) is 30.9 Å². The minimum absolute atomic E-state index is 0.222. The van der Waals surface area contributed by atoms with E-state index in [2.05, 4.69) is 17.1 Å². The van der Waals surface area contributed by atoms with E-state index in [4.69, 9.17) is 0 Å². The van der Waals surface area contributed by atoms with Crippen LogP contribution in [0.2, 0.25) is 0 Å². The molecule has 27 heavy (non-hydrogen) atoms. The number of likely N-dealkylation sites (N-methyl/N-ethyl adjacent to an activating group) is 1. The zero-order chi connectivity index (χ0) is 19.4. The summed E-state index contributed by atoms with van der Waals surface area (Å²) in [6, 6.07) is 13.7. The van der Waals surface area contributed by atoms with Gasteiger partial charge in [0.25, 0.3) is 5.91 Å². The molecule has 1 amide bonds. The Balaban J connectivity index is 1.71. The van der Waals surface area contributed by atoms with Crippen LogP contribution in [0.25, 0.3) is 0 Å². The molecule has 0 spiro atoms. The minimum atomic E-state index is -3.53. The molecule has 6 nitrogen and oxygen atoms in total. The summed E-state index contributed by atoms with van der Waals surface area (Å²) >= 11 is 0. The van der Waals surface area contributed by atoms with Gasteiger partial charge in [-0.15, -0.1) is 0 Å². The van der Waals surface area contributed by atoms with Gasteiger partial charge in [0.2, 0.25) is 10.0 Å². The van der Waals surface area contributed by atoms with E-state index in [0.29, 0.717) is 18.7 Å². The fourth-order valence-electron chi connectivity index (χ4n) is 3.12. The van der Waals surface area contributed by atoms with Crippen LogP contribution in [0.3, 0.4) is 0 Å². The molecule has 0 bridgehead atoms. The molecule has 7 heteroatoms. The van der Waals surface area contributed by atoms with Crippen LogP contribution in [0, 0.1) is 6.92 Å². The second-order valence-corrected chi connectivity index (χ2v) is 8.57. The standard InChI is InChI=1S/C20H25N3O3S/c1-3-22-12-14-23(15-13-22)27(25,26)18-10-8-17(9-11-18)20(24)21-19-7-5-4-6-16(19)2/h4-11H,3,12-15H2,1-2H3,(H,21,24). The lowest BCUT2D eigenvalue weighted by molar-refractivity contribution is 0.102. The van der Waals surface area contributed by atoms with E-state index in [1.54, 1.807) is 12.1 Å². The monoisotopic (exact) mass is 387 g/mol. The summed E-state index contributed by atoms with van der Waals surface area (Å²) in [5.74, 6) is -0.259. The number of para-hydroxylation sites is 1. The molecule has 1 aliphatic heterocycles. The summed E-state index contributed by atoms with van der Waals surface area (Å²) in [6.45, 7) is 7.39. The molecule has 1 saturated heterocycles. The number of nitrogens with one attached hydrogen (secondary N) is 1. The van der Waals surface area contributed by atoms with Gasteiger partial charge in [-0.05, 0) is 49.4 Å². The number of amides is 1. The van der Waals surface area contributed by atoms with Crippen LogP contribution in [-0.2, 0) is 10.0 Å². The molecule has 3 rings (SSSR count). The Morgan fingerprint density at radius 3 is 2.22 bits per heavy atom. The summed E-state index contributed by atoms with van der Waals surface area (Å²) in [7, 11) is -3.53. The molecule has 0 aromatic heterocycles. The van der Waals surface area contributed by atoms with Crippen molar-refractivity contribution in [1.82, 2.24) is 9.21 Å². The Morgan fingerprint density at radius 1 is 1.00 bits per heavy atom. The number of hydrogen-bond donors (Lipinski definition) is 1. The topological polar surface area (TPSA) is 69.7 Å². The fraction of sp³-hybridized carbons (Fsp3) is 0.350. The zero-order valence-electron chi connectivity index (χ0n) is 15.7. The zero-order valence-corrected chi connectivity index (χ0v) is 16.5. The maximum absolute atomic E-state index is 12.8. The number of benzene rings is 2. The lowest BCUT2D eigenvalue weighted by Gasteiger charge is -2.33. The van der Waals surface area contributed by atoms with Gasteiger partial charge >= 0.3 is 0 Å². The number of anilines is 1. The van der Waals surface area contributed by atoms with E-state index in [-0.39, 0.29) is 10.8 Å². The Kier molecular flexibility index (Phi) is 5.94. The van der Waals surface area contributed by atoms with E-state index < -0.39 is 10.0 Å². The smallest absolute Gasteiger partial charge is 0.255 e. The highest BCUT2D eigenvalue weighted by atomic mass is 32.2. The second-order valence-electron chi connectivity index (χ2n) is 6.63. The second kappa shape index (κ2) is 8.21. The normalized spacial score (nSPS) is 16.2. The Morgan fingerprint density at radius 2 is 1.63 bits per heavy atom. The van der Waals surface area contributed by atoms with Gasteiger partial charge in [-0.2, -0.15) is 4.31 Å². The highest BCUT2D eigenvalue weighted by Gasteiger charge is 2.28. The number of hydrogen-bond acceptors (Lipinski definition) is 4. The molecule has 1 aliphatic rings. The van der Waals surface area contributed by atoms with Gasteiger partial charge in [-0.1, -0.05) is 25.1 Å². The predicted octanol–water partition coefficient (Wildman–Crippen LogP) is 2.57. The maximum Gasteiger partial charge on any atom is 0.255 e. The van der Waals surface area contributed by atoms with Gasteiger partial charge in [0.1, 0.15) is 0 Å². The summed E-state index contributed by atoms with van der Waals surface area (Å²) in [5.41, 5.74) is 2.14. The number of carbonyl (C=O) groups is 1. The third kappa shape index (κ3) is 4.37. The van der Waals surface area contributed by atoms with Crippen LogP contribution < -0.4 is 5.32 Å². The van der Waals surface area contributed by atoms with Crippen molar-refractivity contribution in [2.75, 3.05) is 38.0 Å². The molecule has 1 heterocycles. The SMILES string of the molecule is CCN1CCN(S(=O)(=O)c2ccc(C(=O)Nc3ccccc3C)cc2)CC1. The highest BCUT2D eigenvalue weighted by molar-refractivity contribution is 7.89. The molecular weight excluding hydrogens is 362 g/mol. The number of rotatable bonds is 5. The predicted molar refractivity (Wildman–Crippen MR) is 106 cm³/mol. The Labute approximate surface area is 160 Å². The molecule has 0 aliphatic carbocycles. The van der Waals surface area contributed by atoms with E-state index >= 15 is 0 Å².